The van der Waals surface area contributed by atoms with E-state index >= 15 is 0 Å². The third-order valence-electron chi connectivity index (χ3n) is 3.94. The van der Waals surface area contributed by atoms with Crippen molar-refractivity contribution in [2.24, 2.45) is 13.0 Å². The first-order chi connectivity index (χ1) is 10.1. The Bertz CT molecular complexity index is 663. The van der Waals surface area contributed by atoms with Crippen molar-refractivity contribution < 1.29 is 9.59 Å². The Morgan fingerprint density at radius 3 is 2.71 bits per heavy atom. The first kappa shape index (κ1) is 13.5. The third-order valence-corrected chi connectivity index (χ3v) is 3.94. The van der Waals surface area contributed by atoms with Gasteiger partial charge < -0.3 is 0 Å². The van der Waals surface area contributed by atoms with E-state index in [2.05, 4.69) is 10.4 Å². The topological polar surface area (TPSA) is 64.0 Å². The zero-order valence-corrected chi connectivity index (χ0v) is 11.8. The number of hydrogen-bond donors (Lipinski definition) is 1. The van der Waals surface area contributed by atoms with Gasteiger partial charge in [-0.3, -0.25) is 19.6 Å². The molecule has 1 saturated heterocycles. The second kappa shape index (κ2) is 5.52. The lowest BCUT2D eigenvalue weighted by Crippen LogP contribution is -2.45. The van der Waals surface area contributed by atoms with Crippen LogP contribution in [0.5, 0.6) is 0 Å². The summed E-state index contributed by atoms with van der Waals surface area (Å²) < 4.78 is 1.70. The predicted octanol–water partition coefficient (Wildman–Crippen LogP) is 1.41. The van der Waals surface area contributed by atoms with Crippen molar-refractivity contribution in [1.29, 1.82) is 0 Å². The van der Waals surface area contributed by atoms with Crippen LogP contribution in [0.25, 0.3) is 0 Å². The molecule has 3 rings (SSSR count). The van der Waals surface area contributed by atoms with Gasteiger partial charge >= 0.3 is 0 Å². The maximum absolute atomic E-state index is 12.2. The molecule has 2 amide bonds. The first-order valence-corrected chi connectivity index (χ1v) is 6.99. The van der Waals surface area contributed by atoms with Crippen LogP contribution in [0.15, 0.2) is 42.7 Å². The smallest absolute Gasteiger partial charge is 0.230 e. The van der Waals surface area contributed by atoms with Crippen LogP contribution in [-0.4, -0.2) is 21.6 Å². The molecule has 21 heavy (non-hydrogen) atoms. The van der Waals surface area contributed by atoms with Crippen molar-refractivity contribution in [2.45, 2.75) is 18.8 Å². The normalized spacial score (nSPS) is 22.1. The predicted molar refractivity (Wildman–Crippen MR) is 77.4 cm³/mol. The second-order valence-electron chi connectivity index (χ2n) is 5.47. The lowest BCUT2D eigenvalue weighted by molar-refractivity contribution is -0.137. The molecular formula is C16H17N3O2. The number of carbonyl (C=O) groups is 2. The van der Waals surface area contributed by atoms with Crippen LogP contribution in [0.1, 0.15) is 23.5 Å². The molecule has 1 fully saturated rings. The van der Waals surface area contributed by atoms with Crippen LogP contribution in [0.3, 0.4) is 0 Å². The van der Waals surface area contributed by atoms with Crippen molar-refractivity contribution >= 4 is 11.8 Å². The number of aryl methyl sites for hydroxylation is 1. The zero-order chi connectivity index (χ0) is 14.8. The highest BCUT2D eigenvalue weighted by atomic mass is 16.2. The molecule has 0 aliphatic carbocycles. The molecule has 1 aromatic carbocycles. The van der Waals surface area contributed by atoms with Crippen LogP contribution < -0.4 is 5.32 Å². The molecule has 108 valence electrons. The number of aromatic nitrogens is 2. The fraction of sp³-hybridized carbons (Fsp3) is 0.312. The number of nitrogens with one attached hydrogen (secondary N) is 1. The summed E-state index contributed by atoms with van der Waals surface area (Å²) in [6, 6.07) is 9.88. The van der Waals surface area contributed by atoms with E-state index in [1.165, 1.54) is 0 Å². The summed E-state index contributed by atoms with van der Waals surface area (Å²) in [5.41, 5.74) is 2.04. The number of hydrogen-bond acceptors (Lipinski definition) is 3. The molecule has 0 spiro atoms. The van der Waals surface area contributed by atoms with E-state index < -0.39 is 0 Å². The summed E-state index contributed by atoms with van der Waals surface area (Å²) >= 11 is 0. The Hall–Kier alpha value is -2.43. The maximum atomic E-state index is 12.2. The van der Waals surface area contributed by atoms with Crippen LogP contribution in [-0.2, 0) is 23.1 Å². The van der Waals surface area contributed by atoms with Crippen molar-refractivity contribution in [3.63, 3.8) is 0 Å². The molecule has 1 N–H and O–H groups in total. The number of carbonyl (C=O) groups excluding carboxylic acids is 2. The van der Waals surface area contributed by atoms with Gasteiger partial charge in [-0.1, -0.05) is 30.3 Å². The van der Waals surface area contributed by atoms with Gasteiger partial charge in [-0.2, -0.15) is 5.10 Å². The summed E-state index contributed by atoms with van der Waals surface area (Å²) in [5, 5.41) is 6.61. The number of nitrogens with zero attached hydrogens (tertiary/aromatic N) is 2. The molecule has 0 radical (unpaired) electrons. The summed E-state index contributed by atoms with van der Waals surface area (Å²) in [7, 11) is 1.83. The standard InChI is InChI=1S/C16H17N3O2/c1-19-10-12(9-17-19)13-8-15(20)18-16(21)14(13)7-11-5-3-2-4-6-11/h2-6,9-10,13-14H,7-8H2,1H3,(H,18,20,21). The zero-order valence-electron chi connectivity index (χ0n) is 11.8. The van der Waals surface area contributed by atoms with Gasteiger partial charge in [-0.15, -0.1) is 0 Å². The average Bonchev–Trinajstić information content (AvgIpc) is 2.89. The second-order valence-corrected chi connectivity index (χ2v) is 5.47. The number of amides is 2. The van der Waals surface area contributed by atoms with Gasteiger partial charge in [0.1, 0.15) is 0 Å². The summed E-state index contributed by atoms with van der Waals surface area (Å²) in [5.74, 6) is -0.753. The monoisotopic (exact) mass is 283 g/mol. The Balaban J connectivity index is 1.89. The Morgan fingerprint density at radius 1 is 1.29 bits per heavy atom. The van der Waals surface area contributed by atoms with E-state index in [4.69, 9.17) is 0 Å². The van der Waals surface area contributed by atoms with Gasteiger partial charge in [0.2, 0.25) is 11.8 Å². The molecule has 5 nitrogen and oxygen atoms in total. The van der Waals surface area contributed by atoms with Crippen LogP contribution >= 0.6 is 0 Å². The molecule has 0 saturated carbocycles. The van der Waals surface area contributed by atoms with E-state index in [1.54, 1.807) is 10.9 Å². The Labute approximate surface area is 123 Å². The average molecular weight is 283 g/mol. The minimum Gasteiger partial charge on any atom is -0.296 e. The van der Waals surface area contributed by atoms with Crippen LogP contribution in [0, 0.1) is 5.92 Å². The summed E-state index contributed by atoms with van der Waals surface area (Å²) in [4.78, 5) is 23.9. The third kappa shape index (κ3) is 2.86. The van der Waals surface area contributed by atoms with E-state index in [9.17, 15) is 9.59 Å². The molecule has 2 aromatic rings. The molecule has 1 aromatic heterocycles. The molecule has 1 aliphatic rings. The van der Waals surface area contributed by atoms with E-state index in [-0.39, 0.29) is 23.7 Å². The van der Waals surface area contributed by atoms with Crippen molar-refractivity contribution in [2.75, 3.05) is 0 Å². The van der Waals surface area contributed by atoms with E-state index in [0.717, 1.165) is 11.1 Å². The van der Waals surface area contributed by atoms with Gasteiger partial charge in [0.05, 0.1) is 6.20 Å². The summed E-state index contributed by atoms with van der Waals surface area (Å²) in [6.45, 7) is 0. The van der Waals surface area contributed by atoms with E-state index in [0.29, 0.717) is 12.8 Å². The fourth-order valence-electron chi connectivity index (χ4n) is 2.89. The molecule has 5 heteroatoms. The van der Waals surface area contributed by atoms with Gasteiger partial charge in [-0.25, -0.2) is 0 Å². The highest BCUT2D eigenvalue weighted by Gasteiger charge is 2.37. The minimum atomic E-state index is -0.241. The first-order valence-electron chi connectivity index (χ1n) is 6.99. The van der Waals surface area contributed by atoms with Gasteiger partial charge in [0.15, 0.2) is 0 Å². The molecule has 2 atom stereocenters. The lowest BCUT2D eigenvalue weighted by Gasteiger charge is -2.29. The van der Waals surface area contributed by atoms with Gasteiger partial charge in [0, 0.05) is 31.5 Å². The molecule has 2 heterocycles. The molecule has 2 unspecified atom stereocenters. The van der Waals surface area contributed by atoms with Gasteiger partial charge in [-0.05, 0) is 17.5 Å². The van der Waals surface area contributed by atoms with Crippen LogP contribution in [0.2, 0.25) is 0 Å². The number of rotatable bonds is 3. The minimum absolute atomic E-state index is 0.111. The largest absolute Gasteiger partial charge is 0.296 e. The lowest BCUT2D eigenvalue weighted by atomic mass is 9.78. The molecule has 0 bridgehead atoms. The van der Waals surface area contributed by atoms with Gasteiger partial charge in [0.25, 0.3) is 0 Å². The van der Waals surface area contributed by atoms with E-state index in [1.807, 2.05) is 43.6 Å². The summed E-state index contributed by atoms with van der Waals surface area (Å²) in [6.07, 6.45) is 4.58. The molecular weight excluding hydrogens is 266 g/mol. The molecule has 1 aliphatic heterocycles. The fourth-order valence-corrected chi connectivity index (χ4v) is 2.89. The SMILES string of the molecule is Cn1cc(C2CC(=O)NC(=O)C2Cc2ccccc2)cn1. The maximum Gasteiger partial charge on any atom is 0.230 e. The number of imide groups is 1. The van der Waals surface area contributed by atoms with Crippen molar-refractivity contribution in [3.8, 4) is 0 Å². The quantitative estimate of drug-likeness (QED) is 0.866. The highest BCUT2D eigenvalue weighted by Crippen LogP contribution is 2.33. The van der Waals surface area contributed by atoms with Crippen LogP contribution in [0.4, 0.5) is 0 Å². The van der Waals surface area contributed by atoms with Crippen molar-refractivity contribution in [3.05, 3.63) is 53.9 Å². The Kier molecular flexibility index (Phi) is 3.56. The highest BCUT2D eigenvalue weighted by molar-refractivity contribution is 6.00. The van der Waals surface area contributed by atoms with Crippen molar-refractivity contribution in [1.82, 2.24) is 15.1 Å². The number of piperidine rings is 1. The number of benzene rings is 1. The Morgan fingerprint density at radius 2 is 2.05 bits per heavy atom.